The van der Waals surface area contributed by atoms with E-state index in [0.717, 1.165) is 18.2 Å². The van der Waals surface area contributed by atoms with Gasteiger partial charge < -0.3 is 5.32 Å². The maximum Gasteiger partial charge on any atom is 0.435 e. The van der Waals surface area contributed by atoms with E-state index < -0.39 is 87.8 Å². The van der Waals surface area contributed by atoms with Crippen molar-refractivity contribution in [3.63, 3.8) is 0 Å². The molecule has 1 saturated carbocycles. The van der Waals surface area contributed by atoms with E-state index in [4.69, 9.17) is 0 Å². The zero-order chi connectivity index (χ0) is 32.8. The minimum atomic E-state index is -6.72. The average molecular weight is 638 g/mol. The van der Waals surface area contributed by atoms with E-state index in [9.17, 15) is 58.3 Å². The van der Waals surface area contributed by atoms with Crippen molar-refractivity contribution >= 4 is 29.1 Å². The van der Waals surface area contributed by atoms with Crippen LogP contribution in [0.5, 0.6) is 0 Å². The van der Waals surface area contributed by atoms with Gasteiger partial charge in [-0.15, -0.1) is 0 Å². The smallest absolute Gasteiger partial charge is 0.321 e. The van der Waals surface area contributed by atoms with Gasteiger partial charge in [-0.3, -0.25) is 14.4 Å². The molecule has 234 valence electrons. The van der Waals surface area contributed by atoms with Crippen LogP contribution in [-0.2, 0) is 16.6 Å². The highest BCUT2D eigenvalue weighted by atomic mass is 19.4. The van der Waals surface area contributed by atoms with Crippen LogP contribution in [0.15, 0.2) is 66.7 Å². The molecule has 0 radical (unpaired) electrons. The van der Waals surface area contributed by atoms with Gasteiger partial charge in [0.2, 0.25) is 5.91 Å². The van der Waals surface area contributed by atoms with Crippen LogP contribution >= 0.6 is 0 Å². The number of hydrogen-bond donors (Lipinski definition) is 1. The number of nitrogens with one attached hydrogen (secondary N) is 1. The van der Waals surface area contributed by atoms with Gasteiger partial charge in [0.15, 0.2) is 5.82 Å². The fraction of sp³-hybridized carbons (Fsp3) is 0.250. The first-order valence-corrected chi connectivity index (χ1v) is 12.4. The molecule has 1 aliphatic rings. The Morgan fingerprint density at radius 1 is 0.750 bits per heavy atom. The summed E-state index contributed by atoms with van der Waals surface area (Å²) in [5.41, 5.74) is -14.2. The molecule has 4 rings (SSSR count). The lowest BCUT2D eigenvalue weighted by Crippen LogP contribution is -2.50. The van der Waals surface area contributed by atoms with Gasteiger partial charge in [-0.1, -0.05) is 30.3 Å². The topological polar surface area (TPSA) is 66.5 Å². The van der Waals surface area contributed by atoms with Crippen LogP contribution in [0.4, 0.5) is 59.7 Å². The van der Waals surface area contributed by atoms with E-state index in [1.165, 1.54) is 24.3 Å². The maximum atomic E-state index is 15.7. The minimum absolute atomic E-state index is 0.0488. The van der Waals surface area contributed by atoms with Crippen molar-refractivity contribution in [1.82, 2.24) is 0 Å². The van der Waals surface area contributed by atoms with E-state index in [1.54, 1.807) is 11.4 Å². The van der Waals surface area contributed by atoms with Gasteiger partial charge in [-0.05, 0) is 49.2 Å². The van der Waals surface area contributed by atoms with Crippen LogP contribution in [-0.4, -0.2) is 30.1 Å². The number of carbonyl (C=O) groups is 3. The molecule has 0 bridgehead atoms. The van der Waals surface area contributed by atoms with E-state index in [-0.39, 0.29) is 17.7 Å². The molecule has 0 aliphatic heterocycles. The molecule has 0 unspecified atom stereocenters. The second-order valence-corrected chi connectivity index (χ2v) is 9.62. The number of amides is 3. The standard InChI is InChI=1S/C28H17F11N2O3/c29-21-17(7-4-8-20(21)41(24(44)15-9-10-15)23(43)14-5-2-1-3-6-14)22(42)40-19-12-11-16(13-18(19)26(31,32)33)25(30,27(34,35)36)28(37,38)39/h1-8,11-13,15H,9-10H2,(H,40,42). The predicted molar refractivity (Wildman–Crippen MR) is 132 cm³/mol. The fourth-order valence-corrected chi connectivity index (χ4v) is 4.20. The number of benzene rings is 3. The Labute approximate surface area is 240 Å². The van der Waals surface area contributed by atoms with Crippen LogP contribution in [0.2, 0.25) is 0 Å². The highest BCUT2D eigenvalue weighted by Crippen LogP contribution is 2.54. The summed E-state index contributed by atoms with van der Waals surface area (Å²) in [4.78, 5) is 39.5. The summed E-state index contributed by atoms with van der Waals surface area (Å²) in [5.74, 6) is -5.70. The number of carbonyl (C=O) groups excluding carboxylic acids is 3. The Kier molecular flexibility index (Phi) is 8.26. The zero-order valence-corrected chi connectivity index (χ0v) is 21.7. The lowest BCUT2D eigenvalue weighted by atomic mass is 9.92. The molecule has 0 spiro atoms. The molecule has 44 heavy (non-hydrogen) atoms. The van der Waals surface area contributed by atoms with Gasteiger partial charge in [-0.2, -0.15) is 39.5 Å². The Hall–Kier alpha value is -4.50. The lowest BCUT2D eigenvalue weighted by molar-refractivity contribution is -0.348. The lowest BCUT2D eigenvalue weighted by Gasteiger charge is -2.31. The summed E-state index contributed by atoms with van der Waals surface area (Å²) in [5, 5.41) is 1.55. The van der Waals surface area contributed by atoms with Gasteiger partial charge in [0, 0.05) is 17.0 Å². The largest absolute Gasteiger partial charge is 0.435 e. The van der Waals surface area contributed by atoms with Gasteiger partial charge in [0.1, 0.15) is 0 Å². The number of imide groups is 1. The van der Waals surface area contributed by atoms with Crippen LogP contribution in [0.3, 0.4) is 0 Å². The fourth-order valence-electron chi connectivity index (χ4n) is 4.20. The van der Waals surface area contributed by atoms with E-state index >= 15 is 4.39 Å². The van der Waals surface area contributed by atoms with E-state index in [2.05, 4.69) is 0 Å². The third-order valence-corrected chi connectivity index (χ3v) is 6.59. The SMILES string of the molecule is O=C(Nc1ccc(C(F)(C(F)(F)F)C(F)(F)F)cc1C(F)(F)F)c1cccc(N(C(=O)c2ccccc2)C(=O)C2CC2)c1F. The third kappa shape index (κ3) is 5.97. The van der Waals surface area contributed by atoms with Crippen molar-refractivity contribution in [3.05, 3.63) is 94.8 Å². The average Bonchev–Trinajstić information content (AvgIpc) is 3.78. The monoisotopic (exact) mass is 638 g/mol. The maximum absolute atomic E-state index is 15.7. The van der Waals surface area contributed by atoms with Gasteiger partial charge in [0.05, 0.1) is 22.5 Å². The van der Waals surface area contributed by atoms with Crippen LogP contribution in [0.1, 0.15) is 44.7 Å². The first-order chi connectivity index (χ1) is 20.3. The molecule has 3 amide bonds. The van der Waals surface area contributed by atoms with Crippen molar-refractivity contribution in [1.29, 1.82) is 0 Å². The summed E-state index contributed by atoms with van der Waals surface area (Å²) in [7, 11) is 0. The summed E-state index contributed by atoms with van der Waals surface area (Å²) < 4.78 is 150. The summed E-state index contributed by atoms with van der Waals surface area (Å²) >= 11 is 0. The zero-order valence-electron chi connectivity index (χ0n) is 21.7. The van der Waals surface area contributed by atoms with Gasteiger partial charge in [0.25, 0.3) is 11.8 Å². The number of rotatable bonds is 6. The third-order valence-electron chi connectivity index (χ3n) is 6.59. The van der Waals surface area contributed by atoms with Crippen molar-refractivity contribution in [2.45, 2.75) is 37.0 Å². The summed E-state index contributed by atoms with van der Waals surface area (Å²) in [6, 6.07) is 8.68. The normalized spacial score (nSPS) is 14.2. The minimum Gasteiger partial charge on any atom is -0.321 e. The molecule has 0 aromatic heterocycles. The Bertz CT molecular complexity index is 1580. The second-order valence-electron chi connectivity index (χ2n) is 9.62. The molecule has 3 aromatic carbocycles. The molecule has 3 aromatic rings. The molecule has 0 saturated heterocycles. The molecular weight excluding hydrogens is 621 g/mol. The molecule has 0 atom stereocenters. The Morgan fingerprint density at radius 2 is 1.34 bits per heavy atom. The van der Waals surface area contributed by atoms with Crippen LogP contribution in [0, 0.1) is 11.7 Å². The number of anilines is 2. The van der Waals surface area contributed by atoms with Crippen molar-refractivity contribution in [2.24, 2.45) is 5.92 Å². The van der Waals surface area contributed by atoms with Crippen molar-refractivity contribution in [3.8, 4) is 0 Å². The van der Waals surface area contributed by atoms with Crippen LogP contribution < -0.4 is 10.2 Å². The molecular formula is C28H17F11N2O3. The summed E-state index contributed by atoms with van der Waals surface area (Å²) in [6.07, 6.45) is -18.4. The predicted octanol–water partition coefficient (Wildman–Crippen LogP) is 7.97. The van der Waals surface area contributed by atoms with Crippen molar-refractivity contribution < 1.29 is 62.7 Å². The Balaban J connectivity index is 1.75. The molecule has 16 heteroatoms. The molecule has 5 nitrogen and oxygen atoms in total. The van der Waals surface area contributed by atoms with Crippen molar-refractivity contribution in [2.75, 3.05) is 10.2 Å². The first kappa shape index (κ1) is 32.4. The van der Waals surface area contributed by atoms with Crippen LogP contribution in [0.25, 0.3) is 0 Å². The van der Waals surface area contributed by atoms with E-state index in [1.807, 2.05) is 0 Å². The van der Waals surface area contributed by atoms with Gasteiger partial charge in [-0.25, -0.2) is 13.7 Å². The molecule has 1 N–H and O–H groups in total. The van der Waals surface area contributed by atoms with Gasteiger partial charge >= 0.3 is 24.2 Å². The first-order valence-electron chi connectivity index (χ1n) is 12.4. The quantitative estimate of drug-likeness (QED) is 0.220. The highest BCUT2D eigenvalue weighted by Gasteiger charge is 2.73. The number of nitrogens with zero attached hydrogens (tertiary/aromatic N) is 1. The Morgan fingerprint density at radius 3 is 1.86 bits per heavy atom. The number of hydrogen-bond acceptors (Lipinski definition) is 3. The molecule has 0 heterocycles. The number of alkyl halides is 10. The molecule has 1 fully saturated rings. The summed E-state index contributed by atoms with van der Waals surface area (Å²) in [6.45, 7) is 0. The molecule has 1 aliphatic carbocycles. The second kappa shape index (κ2) is 11.2. The van der Waals surface area contributed by atoms with E-state index in [0.29, 0.717) is 17.7 Å². The highest BCUT2D eigenvalue weighted by molar-refractivity contribution is 6.22. The number of halogens is 11.